The molecule has 0 saturated heterocycles. The van der Waals surface area contributed by atoms with E-state index in [9.17, 15) is 32.7 Å². The molecule has 0 aliphatic heterocycles. The molecule has 3 N–H and O–H groups in total. The van der Waals surface area contributed by atoms with Gasteiger partial charge in [-0.15, -0.1) is 0 Å². The maximum Gasteiger partial charge on any atom is 0.456 e. The molecule has 244 valence electrons. The number of nitrogens with one attached hydrogen (secondary N) is 2. The van der Waals surface area contributed by atoms with Crippen LogP contribution < -0.4 is 10.6 Å². The Morgan fingerprint density at radius 2 is 1.52 bits per heavy atom. The molecule has 2 aromatic rings. The Morgan fingerprint density at radius 1 is 0.891 bits per heavy atom. The second-order valence-electron chi connectivity index (χ2n) is 13.3. The van der Waals surface area contributed by atoms with E-state index < -0.39 is 47.3 Å². The molecule has 0 bridgehead atoms. The summed E-state index contributed by atoms with van der Waals surface area (Å²) in [6, 6.07) is 13.1. The Morgan fingerprint density at radius 3 is 2.13 bits per heavy atom. The lowest BCUT2D eigenvalue weighted by Crippen LogP contribution is -2.65. The van der Waals surface area contributed by atoms with Crippen LogP contribution in [0.4, 0.5) is 33.3 Å². The average molecular weight is 643 g/mol. The topological polar surface area (TPSA) is 95.5 Å². The van der Waals surface area contributed by atoms with Crippen molar-refractivity contribution in [1.29, 1.82) is 0 Å². The summed E-state index contributed by atoms with van der Waals surface area (Å²) in [5.74, 6) is -7.46. The molecule has 0 spiro atoms. The van der Waals surface area contributed by atoms with Gasteiger partial charge >= 0.3 is 12.1 Å². The molecule has 6 rings (SSSR count). The molecule has 4 aliphatic rings. The van der Waals surface area contributed by atoms with Crippen molar-refractivity contribution in [3.8, 4) is 0 Å². The summed E-state index contributed by atoms with van der Waals surface area (Å²) in [5, 5.41) is 16.9. The van der Waals surface area contributed by atoms with E-state index in [1.165, 1.54) is 13.8 Å². The van der Waals surface area contributed by atoms with E-state index in [0.29, 0.717) is 48.2 Å². The SMILES string of the molecule is CC(=O)Nc1ccc(NC(=O)c2ccc([C@H]3CC4(C)[C@@H](CC[C@@]4(O)C(F)(F)C(F)(F)F)C4CCC5=CC(=O)CCC5=C43)cc2)cc1. The molecule has 0 heterocycles. The maximum absolute atomic E-state index is 15.2. The third-order valence-corrected chi connectivity index (χ3v) is 10.8. The van der Waals surface area contributed by atoms with Crippen molar-refractivity contribution >= 4 is 29.0 Å². The minimum Gasteiger partial charge on any atom is -0.383 e. The van der Waals surface area contributed by atoms with Crippen LogP contribution in [0.5, 0.6) is 0 Å². The van der Waals surface area contributed by atoms with Gasteiger partial charge in [0.2, 0.25) is 5.91 Å². The first-order valence-electron chi connectivity index (χ1n) is 15.5. The zero-order valence-electron chi connectivity index (χ0n) is 25.4. The standard InChI is InChI=1S/C35H35F5N2O4/c1-19(43)41-23-8-10-24(11-9-23)42-31(45)21-5-3-20(4-6-21)28-18-32(2)29(15-16-33(32,46)34(36,37)35(38,39)40)27-13-7-22-17-25(44)12-14-26(22)30(27)28/h3-6,8-11,17,27-29,46H,7,12-16,18H2,1-2H3,(H,41,43)(H,42,45)/t27?,28-,29+,32?,33+/m1/s1. The first kappa shape index (κ1) is 32.1. The number of aliphatic hydroxyl groups is 1. The molecule has 0 radical (unpaired) electrons. The van der Waals surface area contributed by atoms with Crippen molar-refractivity contribution in [2.45, 2.75) is 82.4 Å². The number of alkyl halides is 5. The number of ketones is 1. The fourth-order valence-corrected chi connectivity index (χ4v) is 8.62. The molecule has 6 nitrogen and oxygen atoms in total. The van der Waals surface area contributed by atoms with Gasteiger partial charge in [-0.25, -0.2) is 0 Å². The van der Waals surface area contributed by atoms with Crippen LogP contribution in [0.25, 0.3) is 0 Å². The number of allylic oxidation sites excluding steroid dienone is 4. The zero-order chi connectivity index (χ0) is 33.2. The Labute approximate surface area is 263 Å². The van der Waals surface area contributed by atoms with E-state index >= 15 is 8.78 Å². The molecule has 46 heavy (non-hydrogen) atoms. The second kappa shape index (κ2) is 11.1. The van der Waals surface area contributed by atoms with Gasteiger partial charge in [0.05, 0.1) is 0 Å². The number of carbonyl (C=O) groups is 3. The quantitative estimate of drug-likeness (QED) is 0.291. The van der Waals surface area contributed by atoms with Crippen LogP contribution in [0.2, 0.25) is 0 Å². The fourth-order valence-electron chi connectivity index (χ4n) is 8.62. The van der Waals surface area contributed by atoms with Gasteiger partial charge in [0.1, 0.15) is 5.60 Å². The monoisotopic (exact) mass is 642 g/mol. The van der Waals surface area contributed by atoms with Gasteiger partial charge in [0.25, 0.3) is 5.91 Å². The van der Waals surface area contributed by atoms with Gasteiger partial charge in [-0.2, -0.15) is 22.0 Å². The average Bonchev–Trinajstić information content (AvgIpc) is 3.28. The van der Waals surface area contributed by atoms with Crippen molar-refractivity contribution in [3.05, 3.63) is 82.5 Å². The Balaban J connectivity index is 1.36. The number of fused-ring (bicyclic) bond motifs is 4. The molecule has 2 amide bonds. The van der Waals surface area contributed by atoms with E-state index in [1.807, 2.05) is 0 Å². The molecule has 0 aromatic heterocycles. The van der Waals surface area contributed by atoms with E-state index in [-0.39, 0.29) is 30.4 Å². The van der Waals surface area contributed by atoms with E-state index in [1.54, 1.807) is 54.6 Å². The summed E-state index contributed by atoms with van der Waals surface area (Å²) in [7, 11) is 0. The number of hydrogen-bond acceptors (Lipinski definition) is 4. The van der Waals surface area contributed by atoms with Crippen molar-refractivity contribution in [1.82, 2.24) is 0 Å². The molecule has 2 aromatic carbocycles. The van der Waals surface area contributed by atoms with Crippen molar-refractivity contribution in [2.75, 3.05) is 10.6 Å². The van der Waals surface area contributed by atoms with Gasteiger partial charge in [-0.05, 0) is 110 Å². The first-order valence-corrected chi connectivity index (χ1v) is 15.5. The molecular weight excluding hydrogens is 607 g/mol. The maximum atomic E-state index is 15.2. The lowest BCUT2D eigenvalue weighted by atomic mass is 9.50. The molecular formula is C35H35F5N2O4. The highest BCUT2D eigenvalue weighted by Crippen LogP contribution is 2.70. The summed E-state index contributed by atoms with van der Waals surface area (Å²) >= 11 is 0. The van der Waals surface area contributed by atoms with E-state index in [0.717, 1.165) is 16.7 Å². The number of anilines is 2. The highest BCUT2D eigenvalue weighted by atomic mass is 19.4. The molecule has 4 aliphatic carbocycles. The zero-order valence-corrected chi connectivity index (χ0v) is 25.4. The Kier molecular flexibility index (Phi) is 7.77. The van der Waals surface area contributed by atoms with Crippen LogP contribution in [0.1, 0.15) is 80.6 Å². The van der Waals surface area contributed by atoms with Crippen LogP contribution in [-0.4, -0.2) is 40.4 Å². The number of hydrogen-bond donors (Lipinski definition) is 3. The van der Waals surface area contributed by atoms with Crippen molar-refractivity contribution in [2.24, 2.45) is 17.3 Å². The lowest BCUT2D eigenvalue weighted by Gasteiger charge is -2.56. The molecule has 5 atom stereocenters. The lowest BCUT2D eigenvalue weighted by molar-refractivity contribution is -0.362. The molecule has 2 saturated carbocycles. The smallest absolute Gasteiger partial charge is 0.383 e. The fraction of sp³-hybridized carbons (Fsp3) is 0.457. The number of amides is 2. The Hall–Kier alpha value is -3.86. The predicted molar refractivity (Wildman–Crippen MR) is 161 cm³/mol. The summed E-state index contributed by atoms with van der Waals surface area (Å²) in [6.07, 6.45) is -3.27. The van der Waals surface area contributed by atoms with Gasteiger partial charge < -0.3 is 15.7 Å². The molecule has 11 heteroatoms. The van der Waals surface area contributed by atoms with Crippen LogP contribution >= 0.6 is 0 Å². The predicted octanol–water partition coefficient (Wildman–Crippen LogP) is 7.73. The third kappa shape index (κ3) is 5.07. The third-order valence-electron chi connectivity index (χ3n) is 10.8. The van der Waals surface area contributed by atoms with Gasteiger partial charge in [0.15, 0.2) is 5.78 Å². The largest absolute Gasteiger partial charge is 0.456 e. The normalized spacial score (nSPS) is 29.3. The van der Waals surface area contributed by atoms with Crippen LogP contribution in [0.3, 0.4) is 0 Å². The van der Waals surface area contributed by atoms with Gasteiger partial charge in [-0.3, -0.25) is 14.4 Å². The summed E-state index contributed by atoms with van der Waals surface area (Å²) in [4.78, 5) is 36.6. The number of rotatable bonds is 5. The van der Waals surface area contributed by atoms with E-state index in [2.05, 4.69) is 10.6 Å². The molecule has 2 unspecified atom stereocenters. The second-order valence-corrected chi connectivity index (χ2v) is 13.3. The van der Waals surface area contributed by atoms with Gasteiger partial charge in [-0.1, -0.05) is 24.6 Å². The van der Waals surface area contributed by atoms with Crippen molar-refractivity contribution < 1.29 is 41.4 Å². The highest BCUT2D eigenvalue weighted by Gasteiger charge is 2.79. The summed E-state index contributed by atoms with van der Waals surface area (Å²) < 4.78 is 71.8. The van der Waals surface area contributed by atoms with E-state index in [4.69, 9.17) is 0 Å². The minimum absolute atomic E-state index is 0.00943. The Bertz CT molecular complexity index is 1650. The van der Waals surface area contributed by atoms with Crippen LogP contribution in [0, 0.1) is 17.3 Å². The highest BCUT2D eigenvalue weighted by molar-refractivity contribution is 6.04. The minimum atomic E-state index is -5.92. The first-order chi connectivity index (χ1) is 21.6. The summed E-state index contributed by atoms with van der Waals surface area (Å²) in [5.41, 5.74) is -0.203. The van der Waals surface area contributed by atoms with Crippen LogP contribution in [0.15, 0.2) is 71.3 Å². The summed E-state index contributed by atoms with van der Waals surface area (Å²) in [6.45, 7) is 2.77. The van der Waals surface area contributed by atoms with Gasteiger partial charge in [0, 0.05) is 41.6 Å². The number of carbonyl (C=O) groups excluding carboxylic acids is 3. The van der Waals surface area contributed by atoms with Crippen LogP contribution in [-0.2, 0) is 9.59 Å². The van der Waals surface area contributed by atoms with Crippen molar-refractivity contribution in [3.63, 3.8) is 0 Å². The number of benzene rings is 2. The molecule has 2 fully saturated rings. The number of halogens is 5.